The molecule has 144 valence electrons. The molecule has 0 spiro atoms. The summed E-state index contributed by atoms with van der Waals surface area (Å²) in [6, 6.07) is 17.2. The highest BCUT2D eigenvalue weighted by Gasteiger charge is 2.19. The second-order valence-corrected chi connectivity index (χ2v) is 7.18. The smallest absolute Gasteiger partial charge is 0.240 e. The van der Waals surface area contributed by atoms with Gasteiger partial charge >= 0.3 is 0 Å². The molecular weight excluding hydrogens is 438 g/mol. The molecule has 0 radical (unpaired) electrons. The predicted octanol–water partition coefficient (Wildman–Crippen LogP) is 3.77. The van der Waals surface area contributed by atoms with Gasteiger partial charge in [0.1, 0.15) is 13.2 Å². The fourth-order valence-corrected chi connectivity index (χ4v) is 3.47. The maximum Gasteiger partial charge on any atom is 0.240 e. The number of aliphatic hydroxyl groups is 1. The number of nitrogens with zero attached hydrogens (tertiary/aromatic N) is 5. The summed E-state index contributed by atoms with van der Waals surface area (Å²) in [6.45, 7) is 0.0976. The first kappa shape index (κ1) is 17.8. The average molecular weight is 452 g/mol. The van der Waals surface area contributed by atoms with Crippen LogP contribution >= 0.6 is 15.9 Å². The van der Waals surface area contributed by atoms with E-state index in [1.807, 2.05) is 48.5 Å². The molecule has 1 N–H and O–H groups in total. The normalized spacial score (nSPS) is 11.4. The van der Waals surface area contributed by atoms with E-state index in [-0.39, 0.29) is 6.61 Å². The van der Waals surface area contributed by atoms with Crippen molar-refractivity contribution in [3.05, 3.63) is 70.4 Å². The highest BCUT2D eigenvalue weighted by molar-refractivity contribution is 9.10. The van der Waals surface area contributed by atoms with Crippen LogP contribution in [0, 0.1) is 0 Å². The van der Waals surface area contributed by atoms with E-state index in [0.717, 1.165) is 20.8 Å². The Balaban J connectivity index is 1.64. The van der Waals surface area contributed by atoms with Gasteiger partial charge in [-0.1, -0.05) is 57.5 Å². The zero-order chi connectivity index (χ0) is 19.8. The Morgan fingerprint density at radius 2 is 1.83 bits per heavy atom. The number of aliphatic hydroxyl groups excluding tert-OH is 1. The van der Waals surface area contributed by atoms with Crippen LogP contribution in [0.5, 0.6) is 5.88 Å². The zero-order valence-electron chi connectivity index (χ0n) is 15.0. The summed E-state index contributed by atoms with van der Waals surface area (Å²) < 4.78 is 13.7. The SMILES string of the molecule is OCc1cc(-c2nnc3c4ccccc4c(OCc4ccccc4Br)nn23)no1. The fraction of sp³-hybridized carbons (Fsp3) is 0.100. The van der Waals surface area contributed by atoms with Crippen molar-refractivity contribution in [3.8, 4) is 17.4 Å². The summed E-state index contributed by atoms with van der Waals surface area (Å²) in [6.07, 6.45) is 0. The summed E-state index contributed by atoms with van der Waals surface area (Å²) in [4.78, 5) is 0. The molecule has 0 unspecified atom stereocenters. The van der Waals surface area contributed by atoms with Crippen molar-refractivity contribution < 1.29 is 14.4 Å². The van der Waals surface area contributed by atoms with E-state index in [0.29, 0.717) is 35.4 Å². The van der Waals surface area contributed by atoms with Crippen LogP contribution in [0.3, 0.4) is 0 Å². The Morgan fingerprint density at radius 3 is 2.62 bits per heavy atom. The van der Waals surface area contributed by atoms with Gasteiger partial charge in [0.05, 0.1) is 0 Å². The molecule has 0 aliphatic rings. The minimum atomic E-state index is -0.250. The van der Waals surface area contributed by atoms with Gasteiger partial charge in [0.15, 0.2) is 17.1 Å². The lowest BCUT2D eigenvalue weighted by Crippen LogP contribution is -2.03. The summed E-state index contributed by atoms with van der Waals surface area (Å²) >= 11 is 3.54. The van der Waals surface area contributed by atoms with E-state index in [4.69, 9.17) is 9.26 Å². The largest absolute Gasteiger partial charge is 0.471 e. The predicted molar refractivity (Wildman–Crippen MR) is 108 cm³/mol. The number of benzene rings is 2. The van der Waals surface area contributed by atoms with Gasteiger partial charge in [0.25, 0.3) is 0 Å². The van der Waals surface area contributed by atoms with E-state index >= 15 is 0 Å². The molecule has 0 atom stereocenters. The minimum absolute atomic E-state index is 0.250. The van der Waals surface area contributed by atoms with Crippen LogP contribution in [0.1, 0.15) is 11.3 Å². The molecule has 0 amide bonds. The molecule has 0 saturated carbocycles. The van der Waals surface area contributed by atoms with Crippen LogP contribution < -0.4 is 4.74 Å². The summed E-state index contributed by atoms with van der Waals surface area (Å²) in [5.41, 5.74) is 2.02. The van der Waals surface area contributed by atoms with E-state index in [1.54, 1.807) is 10.6 Å². The van der Waals surface area contributed by atoms with Crippen molar-refractivity contribution in [1.29, 1.82) is 0 Å². The van der Waals surface area contributed by atoms with Crippen molar-refractivity contribution in [1.82, 2.24) is 25.0 Å². The highest BCUT2D eigenvalue weighted by atomic mass is 79.9. The van der Waals surface area contributed by atoms with Crippen molar-refractivity contribution in [3.63, 3.8) is 0 Å². The molecule has 0 fully saturated rings. The highest BCUT2D eigenvalue weighted by Crippen LogP contribution is 2.29. The first-order chi connectivity index (χ1) is 14.2. The first-order valence-corrected chi connectivity index (χ1v) is 9.61. The standard InChI is InChI=1S/C20H14BrN5O3/c21-16-8-4-1-5-12(16)11-28-20-15-7-3-2-6-14(15)18-22-23-19(26(18)24-20)17-9-13(10-27)29-25-17/h1-9,27H,10-11H2. The number of hydrogen-bond donors (Lipinski definition) is 1. The number of fused-ring (bicyclic) bond motifs is 3. The lowest BCUT2D eigenvalue weighted by molar-refractivity contribution is 0.229. The molecule has 5 aromatic rings. The van der Waals surface area contributed by atoms with Crippen molar-refractivity contribution in [2.75, 3.05) is 0 Å². The van der Waals surface area contributed by atoms with Gasteiger partial charge in [0.2, 0.25) is 11.7 Å². The van der Waals surface area contributed by atoms with Crippen molar-refractivity contribution in [2.45, 2.75) is 13.2 Å². The number of halogens is 1. The monoisotopic (exact) mass is 451 g/mol. The molecule has 0 bridgehead atoms. The maximum absolute atomic E-state index is 9.23. The van der Waals surface area contributed by atoms with Crippen molar-refractivity contribution >= 4 is 32.3 Å². The molecule has 5 rings (SSSR count). The van der Waals surface area contributed by atoms with E-state index in [1.165, 1.54) is 0 Å². The molecule has 9 heteroatoms. The van der Waals surface area contributed by atoms with Crippen LogP contribution in [-0.2, 0) is 13.2 Å². The van der Waals surface area contributed by atoms with Gasteiger partial charge in [-0.3, -0.25) is 0 Å². The second-order valence-electron chi connectivity index (χ2n) is 6.33. The van der Waals surface area contributed by atoms with Gasteiger partial charge in [0, 0.05) is 26.9 Å². The molecule has 8 nitrogen and oxygen atoms in total. The number of aromatic nitrogens is 5. The van der Waals surface area contributed by atoms with Crippen LogP contribution in [0.25, 0.3) is 27.9 Å². The quantitative estimate of drug-likeness (QED) is 0.434. The average Bonchev–Trinajstić information content (AvgIpc) is 3.39. The Bertz CT molecular complexity index is 1330. The van der Waals surface area contributed by atoms with Crippen molar-refractivity contribution in [2.24, 2.45) is 0 Å². The Morgan fingerprint density at radius 1 is 1.03 bits per heavy atom. The topological polar surface area (TPSA) is 98.6 Å². The molecule has 0 aliphatic carbocycles. The maximum atomic E-state index is 9.23. The van der Waals surface area contributed by atoms with E-state index < -0.39 is 0 Å². The Hall–Kier alpha value is -3.30. The zero-order valence-corrected chi connectivity index (χ0v) is 16.6. The summed E-state index contributed by atoms with van der Waals surface area (Å²) in [5.74, 6) is 1.19. The first-order valence-electron chi connectivity index (χ1n) is 8.82. The van der Waals surface area contributed by atoms with Crippen LogP contribution in [0.2, 0.25) is 0 Å². The van der Waals surface area contributed by atoms with Gasteiger partial charge in [-0.05, 0) is 12.1 Å². The van der Waals surface area contributed by atoms with Gasteiger partial charge in [-0.15, -0.1) is 15.3 Å². The minimum Gasteiger partial charge on any atom is -0.471 e. The molecule has 0 aliphatic heterocycles. The third-order valence-electron chi connectivity index (χ3n) is 4.50. The lowest BCUT2D eigenvalue weighted by Gasteiger charge is -2.10. The van der Waals surface area contributed by atoms with E-state index in [9.17, 15) is 5.11 Å². The Kier molecular flexibility index (Phi) is 4.45. The van der Waals surface area contributed by atoms with Gasteiger partial charge in [-0.2, -0.15) is 4.52 Å². The molecule has 0 saturated heterocycles. The summed E-state index contributed by atoms with van der Waals surface area (Å²) in [5, 5.41) is 28.0. The van der Waals surface area contributed by atoms with Gasteiger partial charge in [-0.25, -0.2) is 0 Å². The third-order valence-corrected chi connectivity index (χ3v) is 5.27. The lowest BCUT2D eigenvalue weighted by atomic mass is 10.2. The van der Waals surface area contributed by atoms with Crippen LogP contribution in [0.4, 0.5) is 0 Å². The number of rotatable bonds is 5. The fourth-order valence-electron chi connectivity index (χ4n) is 3.07. The Labute approximate surface area is 172 Å². The molecule has 29 heavy (non-hydrogen) atoms. The molecule has 3 aromatic heterocycles. The summed E-state index contributed by atoms with van der Waals surface area (Å²) in [7, 11) is 0. The van der Waals surface area contributed by atoms with E-state index in [2.05, 4.69) is 36.4 Å². The van der Waals surface area contributed by atoms with Crippen LogP contribution in [-0.4, -0.2) is 30.1 Å². The number of hydrogen-bond acceptors (Lipinski definition) is 7. The molecule has 2 aromatic carbocycles. The van der Waals surface area contributed by atoms with Gasteiger partial charge < -0.3 is 14.4 Å². The second kappa shape index (κ2) is 7.26. The molecular formula is C20H14BrN5O3. The number of ether oxygens (including phenoxy) is 1. The van der Waals surface area contributed by atoms with Crippen LogP contribution in [0.15, 0.2) is 63.6 Å². The molecule has 3 heterocycles. The third kappa shape index (κ3) is 3.14.